The van der Waals surface area contributed by atoms with E-state index in [1.807, 2.05) is 66.4 Å². The van der Waals surface area contributed by atoms with Crippen LogP contribution in [0.5, 0.6) is 5.75 Å². The van der Waals surface area contributed by atoms with Crippen LogP contribution < -0.4 is 4.74 Å². The Kier molecular flexibility index (Phi) is 8.37. The molecule has 1 saturated carbocycles. The zero-order valence-electron chi connectivity index (χ0n) is 19.6. The number of carbonyl (C=O) groups is 1. The van der Waals surface area contributed by atoms with E-state index in [1.54, 1.807) is 0 Å². The highest BCUT2D eigenvalue weighted by molar-refractivity contribution is 5.94. The van der Waals surface area contributed by atoms with E-state index >= 15 is 0 Å². The fraction of sp³-hybridized carbons (Fsp3) is 0.519. The molecule has 0 radical (unpaired) electrons. The predicted octanol–water partition coefficient (Wildman–Crippen LogP) is 3.52. The van der Waals surface area contributed by atoms with E-state index < -0.39 is 6.10 Å². The number of morpholine rings is 1. The normalized spacial score (nSPS) is 20.5. The summed E-state index contributed by atoms with van der Waals surface area (Å²) >= 11 is 0. The zero-order valence-corrected chi connectivity index (χ0v) is 19.6. The van der Waals surface area contributed by atoms with Gasteiger partial charge in [-0.05, 0) is 44.0 Å². The van der Waals surface area contributed by atoms with Crippen molar-refractivity contribution in [3.05, 3.63) is 65.7 Å². The summed E-state index contributed by atoms with van der Waals surface area (Å²) in [4.78, 5) is 17.7. The van der Waals surface area contributed by atoms with Gasteiger partial charge in [0.25, 0.3) is 5.91 Å². The molecule has 1 aliphatic carbocycles. The molecule has 4 rings (SSSR count). The highest BCUT2D eigenvalue weighted by Gasteiger charge is 2.32. The van der Waals surface area contributed by atoms with Gasteiger partial charge in [0.1, 0.15) is 18.5 Å². The number of ether oxygens (including phenoxy) is 2. The Morgan fingerprint density at radius 2 is 1.88 bits per heavy atom. The minimum Gasteiger partial charge on any atom is -0.491 e. The van der Waals surface area contributed by atoms with Crippen molar-refractivity contribution in [3.63, 3.8) is 0 Å². The van der Waals surface area contributed by atoms with E-state index in [0.717, 1.165) is 36.3 Å². The molecule has 1 saturated heterocycles. The van der Waals surface area contributed by atoms with Gasteiger partial charge in [0, 0.05) is 37.8 Å². The Balaban J connectivity index is 1.33. The first-order chi connectivity index (χ1) is 16.1. The third-order valence-electron chi connectivity index (χ3n) is 6.60. The molecule has 6 heteroatoms. The molecular weight excluding hydrogens is 416 g/mol. The van der Waals surface area contributed by atoms with Crippen molar-refractivity contribution >= 4 is 5.91 Å². The number of hydrogen-bond donors (Lipinski definition) is 1. The number of hydrogen-bond acceptors (Lipinski definition) is 5. The molecule has 2 fully saturated rings. The maximum absolute atomic E-state index is 13.4. The molecule has 2 unspecified atom stereocenters. The molecule has 33 heavy (non-hydrogen) atoms. The molecule has 1 N–H and O–H groups in total. The van der Waals surface area contributed by atoms with Crippen molar-refractivity contribution in [2.75, 3.05) is 39.4 Å². The average molecular weight is 453 g/mol. The van der Waals surface area contributed by atoms with Crippen molar-refractivity contribution in [1.29, 1.82) is 0 Å². The fourth-order valence-electron chi connectivity index (χ4n) is 4.81. The summed E-state index contributed by atoms with van der Waals surface area (Å²) < 4.78 is 11.8. The quantitative estimate of drug-likeness (QED) is 0.631. The second-order valence-corrected chi connectivity index (χ2v) is 9.29. The molecule has 0 bridgehead atoms. The number of rotatable bonds is 9. The lowest BCUT2D eigenvalue weighted by Crippen LogP contribution is -2.52. The minimum absolute atomic E-state index is 0.0593. The van der Waals surface area contributed by atoms with Crippen LogP contribution in [-0.4, -0.2) is 78.5 Å². The van der Waals surface area contributed by atoms with Crippen molar-refractivity contribution in [1.82, 2.24) is 9.80 Å². The Morgan fingerprint density at radius 3 is 2.61 bits per heavy atom. The van der Waals surface area contributed by atoms with Crippen LogP contribution in [0.2, 0.25) is 0 Å². The lowest BCUT2D eigenvalue weighted by molar-refractivity contribution is -0.0566. The molecular formula is C27H36N2O4. The maximum Gasteiger partial charge on any atom is 0.254 e. The van der Waals surface area contributed by atoms with Crippen LogP contribution in [0.4, 0.5) is 0 Å². The summed E-state index contributed by atoms with van der Waals surface area (Å²) in [5.41, 5.74) is 1.90. The van der Waals surface area contributed by atoms with Gasteiger partial charge in [-0.1, -0.05) is 48.7 Å². The first-order valence-corrected chi connectivity index (χ1v) is 12.2. The number of carbonyl (C=O) groups excluding carboxylic acids is 1. The summed E-state index contributed by atoms with van der Waals surface area (Å²) in [6.45, 7) is 5.49. The van der Waals surface area contributed by atoms with Crippen LogP contribution in [0.3, 0.4) is 0 Å². The Morgan fingerprint density at radius 1 is 1.15 bits per heavy atom. The van der Waals surface area contributed by atoms with Crippen molar-refractivity contribution in [3.8, 4) is 5.75 Å². The highest BCUT2D eigenvalue weighted by Crippen LogP contribution is 2.26. The summed E-state index contributed by atoms with van der Waals surface area (Å²) in [6, 6.07) is 17.7. The van der Waals surface area contributed by atoms with E-state index in [1.165, 1.54) is 12.8 Å². The van der Waals surface area contributed by atoms with E-state index in [-0.39, 0.29) is 24.7 Å². The van der Waals surface area contributed by atoms with Crippen LogP contribution >= 0.6 is 0 Å². The molecule has 6 nitrogen and oxygen atoms in total. The number of benzene rings is 2. The Bertz CT molecular complexity index is 867. The van der Waals surface area contributed by atoms with Crippen LogP contribution in [-0.2, 0) is 4.74 Å². The first-order valence-electron chi connectivity index (χ1n) is 12.2. The standard InChI is InChI=1S/C27H36N2O4/c1-21-11-13-22(14-12-21)27(31)29(23-7-5-6-8-23)19-26-18-28(15-16-32-26)17-24(30)20-33-25-9-3-2-4-10-25/h2-4,9-14,23-24,26,30H,5-8,15-20H2,1H3. The van der Waals surface area contributed by atoms with Gasteiger partial charge in [0.2, 0.25) is 0 Å². The van der Waals surface area contributed by atoms with Gasteiger partial charge in [-0.2, -0.15) is 0 Å². The van der Waals surface area contributed by atoms with Gasteiger partial charge in [0.15, 0.2) is 0 Å². The number of amides is 1. The molecule has 178 valence electrons. The van der Waals surface area contributed by atoms with Gasteiger partial charge in [-0.15, -0.1) is 0 Å². The molecule has 1 aliphatic heterocycles. The van der Waals surface area contributed by atoms with Crippen LogP contribution in [0.1, 0.15) is 41.6 Å². The Labute approximate surface area is 197 Å². The minimum atomic E-state index is -0.580. The SMILES string of the molecule is Cc1ccc(C(=O)N(CC2CN(CC(O)COc3ccccc3)CCO2)C2CCCC2)cc1. The van der Waals surface area contributed by atoms with E-state index in [2.05, 4.69) is 4.90 Å². The lowest BCUT2D eigenvalue weighted by Gasteiger charge is -2.38. The van der Waals surface area contributed by atoms with Crippen molar-refractivity contribution in [2.24, 2.45) is 0 Å². The van der Waals surface area contributed by atoms with Crippen molar-refractivity contribution < 1.29 is 19.4 Å². The average Bonchev–Trinajstić information content (AvgIpc) is 3.37. The van der Waals surface area contributed by atoms with Gasteiger partial charge in [-0.25, -0.2) is 0 Å². The van der Waals surface area contributed by atoms with Gasteiger partial charge < -0.3 is 19.5 Å². The van der Waals surface area contributed by atoms with E-state index in [9.17, 15) is 9.90 Å². The smallest absolute Gasteiger partial charge is 0.254 e. The zero-order chi connectivity index (χ0) is 23.0. The van der Waals surface area contributed by atoms with Gasteiger partial charge in [-0.3, -0.25) is 9.69 Å². The molecule has 0 aromatic heterocycles. The second kappa shape index (κ2) is 11.6. The first kappa shape index (κ1) is 23.7. The van der Waals surface area contributed by atoms with E-state index in [0.29, 0.717) is 26.2 Å². The summed E-state index contributed by atoms with van der Waals surface area (Å²) in [6.07, 6.45) is 3.83. The Hall–Kier alpha value is -2.41. The highest BCUT2D eigenvalue weighted by atomic mass is 16.5. The number of aryl methyl sites for hydroxylation is 1. The summed E-state index contributed by atoms with van der Waals surface area (Å²) in [5.74, 6) is 0.858. The number of β-amino-alcohol motifs (C(OH)–C–C–N with tert-alkyl or cyclic N) is 1. The number of aliphatic hydroxyl groups excluding tert-OH is 1. The second-order valence-electron chi connectivity index (χ2n) is 9.29. The van der Waals surface area contributed by atoms with Gasteiger partial charge in [0.05, 0.1) is 12.7 Å². The molecule has 2 aromatic carbocycles. The van der Waals surface area contributed by atoms with Crippen LogP contribution in [0.25, 0.3) is 0 Å². The monoisotopic (exact) mass is 452 g/mol. The van der Waals surface area contributed by atoms with Crippen LogP contribution in [0, 0.1) is 6.92 Å². The van der Waals surface area contributed by atoms with Crippen molar-refractivity contribution in [2.45, 2.75) is 50.9 Å². The largest absolute Gasteiger partial charge is 0.491 e. The predicted molar refractivity (Wildman–Crippen MR) is 129 cm³/mol. The maximum atomic E-state index is 13.4. The molecule has 1 heterocycles. The summed E-state index contributed by atoms with van der Waals surface area (Å²) in [7, 11) is 0. The molecule has 1 amide bonds. The summed E-state index contributed by atoms with van der Waals surface area (Å²) in [5, 5.41) is 10.5. The molecule has 2 aliphatic rings. The molecule has 2 aromatic rings. The van der Waals surface area contributed by atoms with Gasteiger partial charge >= 0.3 is 0 Å². The number of para-hydroxylation sites is 1. The third-order valence-corrected chi connectivity index (χ3v) is 6.60. The lowest BCUT2D eigenvalue weighted by atomic mass is 10.1. The number of aliphatic hydroxyl groups is 1. The fourth-order valence-corrected chi connectivity index (χ4v) is 4.81. The molecule has 2 atom stereocenters. The number of nitrogens with zero attached hydrogens (tertiary/aromatic N) is 2. The third kappa shape index (κ3) is 6.79. The van der Waals surface area contributed by atoms with Crippen LogP contribution in [0.15, 0.2) is 54.6 Å². The van der Waals surface area contributed by atoms with E-state index in [4.69, 9.17) is 9.47 Å². The topological polar surface area (TPSA) is 62.2 Å². The molecule has 0 spiro atoms.